The smallest absolute Gasteiger partial charge is 0.329 e. The molecule has 0 aromatic heterocycles. The normalized spacial score (nSPS) is 11.4. The lowest BCUT2D eigenvalue weighted by Crippen LogP contribution is -2.43. The summed E-state index contributed by atoms with van der Waals surface area (Å²) in [6.45, 7) is -0.431. The standard InChI is InChI=1S/C24H19BrClNO4/c25-19-10-6-18(7-11-19)23(29)27-21(14-16-4-2-1-3-5-16)24(30)31-15-22(28)17-8-12-20(26)13-9-17/h1-13,21H,14-15H2,(H,27,29)/t21-/m1/s1. The second kappa shape index (κ2) is 10.9. The quantitative estimate of drug-likeness (QED) is 0.354. The van der Waals surface area contributed by atoms with Crippen molar-refractivity contribution in [2.45, 2.75) is 12.5 Å². The SMILES string of the molecule is O=C(COC(=O)[C@@H](Cc1ccccc1)NC(=O)c1ccc(Br)cc1)c1ccc(Cl)cc1. The summed E-state index contributed by atoms with van der Waals surface area (Å²) in [5.74, 6) is -1.45. The van der Waals surface area contributed by atoms with Crippen molar-refractivity contribution in [3.8, 4) is 0 Å². The summed E-state index contributed by atoms with van der Waals surface area (Å²) >= 11 is 9.16. The molecule has 0 spiro atoms. The Morgan fingerprint density at radius 2 is 1.48 bits per heavy atom. The van der Waals surface area contributed by atoms with Gasteiger partial charge in [-0.05, 0) is 54.1 Å². The van der Waals surface area contributed by atoms with E-state index in [9.17, 15) is 14.4 Å². The van der Waals surface area contributed by atoms with Gasteiger partial charge in [-0.1, -0.05) is 57.9 Å². The molecule has 0 bridgehead atoms. The Morgan fingerprint density at radius 3 is 2.13 bits per heavy atom. The minimum absolute atomic E-state index is 0.233. The Kier molecular flexibility index (Phi) is 7.98. The van der Waals surface area contributed by atoms with E-state index in [1.54, 1.807) is 48.5 Å². The van der Waals surface area contributed by atoms with Crippen LogP contribution in [0.2, 0.25) is 5.02 Å². The van der Waals surface area contributed by atoms with Crippen LogP contribution in [-0.2, 0) is 16.0 Å². The number of Topliss-reactive ketones (excluding diaryl/α,β-unsaturated/α-hetero) is 1. The zero-order valence-corrected chi connectivity index (χ0v) is 18.7. The molecule has 0 aliphatic carbocycles. The number of amides is 1. The number of carbonyl (C=O) groups excluding carboxylic acids is 3. The zero-order valence-electron chi connectivity index (χ0n) is 16.4. The first kappa shape index (κ1) is 22.7. The molecule has 3 aromatic carbocycles. The van der Waals surface area contributed by atoms with Gasteiger partial charge >= 0.3 is 5.97 Å². The molecular weight excluding hydrogens is 482 g/mol. The first-order valence-electron chi connectivity index (χ1n) is 9.48. The molecule has 0 saturated heterocycles. The molecule has 5 nitrogen and oxygen atoms in total. The third-order valence-corrected chi connectivity index (χ3v) is 5.27. The predicted molar refractivity (Wildman–Crippen MR) is 122 cm³/mol. The molecule has 1 atom stereocenters. The minimum Gasteiger partial charge on any atom is -0.456 e. The van der Waals surface area contributed by atoms with E-state index in [1.807, 2.05) is 30.3 Å². The van der Waals surface area contributed by atoms with Crippen molar-refractivity contribution in [3.05, 3.63) is 105 Å². The highest BCUT2D eigenvalue weighted by Crippen LogP contribution is 2.13. The van der Waals surface area contributed by atoms with Gasteiger partial charge in [0.1, 0.15) is 6.04 Å². The van der Waals surface area contributed by atoms with Crippen LogP contribution >= 0.6 is 27.5 Å². The molecule has 0 aliphatic heterocycles. The van der Waals surface area contributed by atoms with E-state index in [0.29, 0.717) is 16.1 Å². The number of halogens is 2. The van der Waals surface area contributed by atoms with Crippen LogP contribution in [0.25, 0.3) is 0 Å². The lowest BCUT2D eigenvalue weighted by Gasteiger charge is -2.18. The third kappa shape index (κ3) is 6.77. The summed E-state index contributed by atoms with van der Waals surface area (Å²) in [4.78, 5) is 37.7. The Morgan fingerprint density at radius 1 is 0.871 bits per heavy atom. The molecule has 1 N–H and O–H groups in total. The Hall–Kier alpha value is -2.96. The summed E-state index contributed by atoms with van der Waals surface area (Å²) in [5, 5.41) is 3.22. The van der Waals surface area contributed by atoms with Crippen LogP contribution in [-0.4, -0.2) is 30.3 Å². The van der Waals surface area contributed by atoms with Gasteiger partial charge in [-0.2, -0.15) is 0 Å². The largest absolute Gasteiger partial charge is 0.456 e. The van der Waals surface area contributed by atoms with Crippen molar-refractivity contribution in [1.29, 1.82) is 0 Å². The number of nitrogens with one attached hydrogen (secondary N) is 1. The van der Waals surface area contributed by atoms with Crippen LogP contribution in [0.1, 0.15) is 26.3 Å². The number of hydrogen-bond acceptors (Lipinski definition) is 4. The van der Waals surface area contributed by atoms with Gasteiger partial charge in [-0.3, -0.25) is 9.59 Å². The van der Waals surface area contributed by atoms with Gasteiger partial charge in [0.15, 0.2) is 12.4 Å². The first-order chi connectivity index (χ1) is 14.9. The van der Waals surface area contributed by atoms with Gasteiger partial charge in [-0.15, -0.1) is 0 Å². The molecule has 0 unspecified atom stereocenters. The molecule has 0 heterocycles. The zero-order chi connectivity index (χ0) is 22.2. The molecule has 1 amide bonds. The fourth-order valence-corrected chi connectivity index (χ4v) is 3.23. The molecule has 0 radical (unpaired) electrons. The van der Waals surface area contributed by atoms with Crippen LogP contribution < -0.4 is 5.32 Å². The molecule has 3 rings (SSSR count). The molecule has 31 heavy (non-hydrogen) atoms. The van der Waals surface area contributed by atoms with Gasteiger partial charge in [0.05, 0.1) is 0 Å². The maximum absolute atomic E-state index is 12.7. The molecule has 3 aromatic rings. The minimum atomic E-state index is -0.948. The van der Waals surface area contributed by atoms with Gasteiger partial charge in [-0.25, -0.2) is 4.79 Å². The van der Waals surface area contributed by atoms with E-state index in [1.165, 1.54) is 0 Å². The second-order valence-corrected chi connectivity index (χ2v) is 8.11. The Labute approximate surface area is 193 Å². The Bertz CT molecular complexity index is 1050. The van der Waals surface area contributed by atoms with Gasteiger partial charge in [0.2, 0.25) is 0 Å². The van der Waals surface area contributed by atoms with Gasteiger partial charge in [0.25, 0.3) is 5.91 Å². The van der Waals surface area contributed by atoms with E-state index in [0.717, 1.165) is 10.0 Å². The maximum Gasteiger partial charge on any atom is 0.329 e. The lowest BCUT2D eigenvalue weighted by molar-refractivity contribution is -0.144. The van der Waals surface area contributed by atoms with Crippen LogP contribution in [0.5, 0.6) is 0 Å². The summed E-state index contributed by atoms with van der Waals surface area (Å²) in [5.41, 5.74) is 1.64. The number of rotatable bonds is 8. The number of esters is 1. The van der Waals surface area contributed by atoms with Crippen LogP contribution in [0.15, 0.2) is 83.3 Å². The number of benzene rings is 3. The molecule has 7 heteroatoms. The number of ether oxygens (including phenoxy) is 1. The van der Waals surface area contributed by atoms with Crippen LogP contribution in [0.4, 0.5) is 0 Å². The van der Waals surface area contributed by atoms with Gasteiger partial charge in [0, 0.05) is 27.0 Å². The molecular formula is C24H19BrClNO4. The number of ketones is 1. The fraction of sp³-hybridized carbons (Fsp3) is 0.125. The van der Waals surface area contributed by atoms with Crippen molar-refractivity contribution in [1.82, 2.24) is 5.32 Å². The fourth-order valence-electron chi connectivity index (χ4n) is 2.84. The molecule has 0 saturated carbocycles. The summed E-state index contributed by atoms with van der Waals surface area (Å²) in [6, 6.07) is 21.4. The third-order valence-electron chi connectivity index (χ3n) is 4.49. The number of hydrogen-bond donors (Lipinski definition) is 1. The highest BCUT2D eigenvalue weighted by molar-refractivity contribution is 9.10. The van der Waals surface area contributed by atoms with Crippen molar-refractivity contribution in [2.75, 3.05) is 6.61 Å². The second-order valence-electron chi connectivity index (χ2n) is 6.76. The van der Waals surface area contributed by atoms with Gasteiger partial charge < -0.3 is 10.1 Å². The van der Waals surface area contributed by atoms with Crippen molar-refractivity contribution >= 4 is 45.2 Å². The molecule has 0 fully saturated rings. The first-order valence-corrected chi connectivity index (χ1v) is 10.7. The van der Waals surface area contributed by atoms with Crippen molar-refractivity contribution in [3.63, 3.8) is 0 Å². The number of carbonyl (C=O) groups is 3. The van der Waals surface area contributed by atoms with E-state index in [2.05, 4.69) is 21.2 Å². The van der Waals surface area contributed by atoms with Crippen LogP contribution in [0, 0.1) is 0 Å². The van der Waals surface area contributed by atoms with E-state index in [4.69, 9.17) is 16.3 Å². The molecule has 158 valence electrons. The summed E-state index contributed by atoms with van der Waals surface area (Å²) in [6.07, 6.45) is 0.233. The highest BCUT2D eigenvalue weighted by Gasteiger charge is 2.24. The maximum atomic E-state index is 12.7. The summed E-state index contributed by atoms with van der Waals surface area (Å²) < 4.78 is 6.07. The average molecular weight is 501 g/mol. The molecule has 0 aliphatic rings. The monoisotopic (exact) mass is 499 g/mol. The average Bonchev–Trinajstić information content (AvgIpc) is 2.78. The van der Waals surface area contributed by atoms with Crippen molar-refractivity contribution in [2.24, 2.45) is 0 Å². The Balaban J connectivity index is 1.69. The van der Waals surface area contributed by atoms with Crippen LogP contribution in [0.3, 0.4) is 0 Å². The topological polar surface area (TPSA) is 72.5 Å². The lowest BCUT2D eigenvalue weighted by atomic mass is 10.1. The van der Waals surface area contributed by atoms with E-state index < -0.39 is 24.5 Å². The summed E-state index contributed by atoms with van der Waals surface area (Å²) in [7, 11) is 0. The van der Waals surface area contributed by atoms with E-state index >= 15 is 0 Å². The highest BCUT2D eigenvalue weighted by atomic mass is 79.9. The van der Waals surface area contributed by atoms with E-state index in [-0.39, 0.29) is 12.2 Å². The van der Waals surface area contributed by atoms with Crippen molar-refractivity contribution < 1.29 is 19.1 Å². The predicted octanol–water partition coefficient (Wildman–Crippen LogP) is 4.87.